The van der Waals surface area contributed by atoms with Gasteiger partial charge in [-0.25, -0.2) is 24.4 Å². The van der Waals surface area contributed by atoms with Crippen LogP contribution in [0.25, 0.3) is 23.0 Å². The molecule has 1 amide bonds. The molecule has 0 bridgehead atoms. The highest BCUT2D eigenvalue weighted by atomic mass is 19.1. The van der Waals surface area contributed by atoms with E-state index in [9.17, 15) is 9.18 Å². The van der Waals surface area contributed by atoms with Crippen molar-refractivity contribution in [2.45, 2.75) is 25.7 Å². The predicted octanol–water partition coefficient (Wildman–Crippen LogP) is 3.88. The number of fused-ring (bicyclic) bond motifs is 1. The number of aromatic nitrogens is 7. The maximum absolute atomic E-state index is 14.8. The van der Waals surface area contributed by atoms with E-state index >= 15 is 0 Å². The van der Waals surface area contributed by atoms with E-state index in [1.54, 1.807) is 47.4 Å². The molecule has 10 heteroatoms. The Morgan fingerprint density at radius 2 is 2.12 bits per heavy atom. The number of H-pyrrole nitrogens is 1. The third-order valence-corrected chi connectivity index (χ3v) is 5.76. The van der Waals surface area contributed by atoms with Crippen molar-refractivity contribution in [3.05, 3.63) is 77.9 Å². The number of carbonyl (C=O) groups excluding carboxylic acids is 1. The number of benzene rings is 1. The lowest BCUT2D eigenvalue weighted by atomic mass is 10.1. The van der Waals surface area contributed by atoms with Crippen molar-refractivity contribution in [3.8, 4) is 17.2 Å². The van der Waals surface area contributed by atoms with Crippen LogP contribution in [-0.4, -0.2) is 40.0 Å². The minimum absolute atomic E-state index is 0.0683. The van der Waals surface area contributed by atoms with Crippen molar-refractivity contribution in [2.24, 2.45) is 0 Å². The molecule has 0 aliphatic heterocycles. The first-order valence-corrected chi connectivity index (χ1v) is 10.6. The highest BCUT2D eigenvalue weighted by Gasteiger charge is 2.26. The highest BCUT2D eigenvalue weighted by Crippen LogP contribution is 2.39. The number of nitrogens with zero attached hydrogens (tertiary/aromatic N) is 6. The summed E-state index contributed by atoms with van der Waals surface area (Å²) in [5.74, 6) is 0.740. The molecule has 0 spiro atoms. The summed E-state index contributed by atoms with van der Waals surface area (Å²) < 4.78 is 18.3. The molecule has 0 radical (unpaired) electrons. The monoisotopic (exact) mass is 442 g/mol. The van der Waals surface area contributed by atoms with Crippen molar-refractivity contribution in [3.63, 3.8) is 0 Å². The van der Waals surface area contributed by atoms with Crippen LogP contribution in [0.15, 0.2) is 55.2 Å². The molecule has 1 fully saturated rings. The topological polar surface area (TPSA) is 106 Å². The van der Waals surface area contributed by atoms with Crippen LogP contribution >= 0.6 is 0 Å². The molecule has 1 aliphatic rings. The summed E-state index contributed by atoms with van der Waals surface area (Å²) in [4.78, 5) is 26.0. The van der Waals surface area contributed by atoms with Gasteiger partial charge in [0.25, 0.3) is 5.91 Å². The lowest BCUT2D eigenvalue weighted by Gasteiger charge is -2.11. The van der Waals surface area contributed by atoms with Crippen LogP contribution in [0.1, 0.15) is 40.4 Å². The summed E-state index contributed by atoms with van der Waals surface area (Å²) in [7, 11) is 0. The summed E-state index contributed by atoms with van der Waals surface area (Å²) >= 11 is 0. The number of halogens is 1. The average Bonchev–Trinajstić information content (AvgIpc) is 3.18. The Labute approximate surface area is 187 Å². The maximum Gasteiger partial charge on any atom is 0.259 e. The predicted molar refractivity (Wildman–Crippen MR) is 119 cm³/mol. The number of nitrogens with one attached hydrogen (secondary N) is 2. The summed E-state index contributed by atoms with van der Waals surface area (Å²) in [6.45, 7) is 1.81. The number of amides is 1. The Kier molecular flexibility index (Phi) is 4.32. The Morgan fingerprint density at radius 1 is 1.24 bits per heavy atom. The molecule has 4 aromatic heterocycles. The zero-order valence-electron chi connectivity index (χ0n) is 17.7. The molecule has 1 aliphatic carbocycles. The van der Waals surface area contributed by atoms with E-state index in [0.29, 0.717) is 34.5 Å². The van der Waals surface area contributed by atoms with Gasteiger partial charge in [0.2, 0.25) is 5.78 Å². The van der Waals surface area contributed by atoms with Gasteiger partial charge in [0.15, 0.2) is 5.82 Å². The van der Waals surface area contributed by atoms with Crippen LogP contribution in [0.2, 0.25) is 0 Å². The number of rotatable bonds is 5. The van der Waals surface area contributed by atoms with Crippen LogP contribution in [-0.2, 0) is 0 Å². The molecule has 33 heavy (non-hydrogen) atoms. The van der Waals surface area contributed by atoms with E-state index in [2.05, 4.69) is 30.5 Å². The molecule has 1 aromatic carbocycles. The smallest absolute Gasteiger partial charge is 0.259 e. The fourth-order valence-electron chi connectivity index (χ4n) is 3.88. The van der Waals surface area contributed by atoms with Crippen molar-refractivity contribution in [1.29, 1.82) is 0 Å². The zero-order chi connectivity index (χ0) is 22.5. The number of hydrogen-bond donors (Lipinski definition) is 2. The first kappa shape index (κ1) is 19.4. The second-order valence-corrected chi connectivity index (χ2v) is 8.13. The Hall–Kier alpha value is -4.34. The quantitative estimate of drug-likeness (QED) is 0.430. The number of imidazole rings is 2. The van der Waals surface area contributed by atoms with Crippen LogP contribution in [0.5, 0.6) is 0 Å². The molecular formula is C23H19FN8O. The van der Waals surface area contributed by atoms with Crippen molar-refractivity contribution < 1.29 is 9.18 Å². The first-order valence-electron chi connectivity index (χ1n) is 10.6. The SMILES string of the molecule is Cc1cc(F)c(C(=O)Nc2cccc(-c3n[nH]c4nccn34)n2)cc1-n1cnc(C2CC2)c1. The van der Waals surface area contributed by atoms with E-state index in [0.717, 1.165) is 18.5 Å². The van der Waals surface area contributed by atoms with Crippen molar-refractivity contribution in [2.75, 3.05) is 5.32 Å². The van der Waals surface area contributed by atoms with Gasteiger partial charge in [-0.2, -0.15) is 5.10 Å². The highest BCUT2D eigenvalue weighted by molar-refractivity contribution is 6.04. The fourth-order valence-corrected chi connectivity index (χ4v) is 3.88. The minimum Gasteiger partial charge on any atom is -0.306 e. The van der Waals surface area contributed by atoms with E-state index in [4.69, 9.17) is 0 Å². The van der Waals surface area contributed by atoms with Gasteiger partial charge in [-0.05, 0) is 49.6 Å². The summed E-state index contributed by atoms with van der Waals surface area (Å²) in [5, 5.41) is 9.74. The number of anilines is 1. The average molecular weight is 442 g/mol. The molecule has 9 nitrogen and oxygen atoms in total. The molecule has 2 N–H and O–H groups in total. The molecule has 164 valence electrons. The number of aromatic amines is 1. The van der Waals surface area contributed by atoms with E-state index in [1.165, 1.54) is 6.07 Å². The number of pyridine rings is 1. The minimum atomic E-state index is -0.597. The lowest BCUT2D eigenvalue weighted by Crippen LogP contribution is -2.16. The number of aryl methyl sites for hydroxylation is 1. The van der Waals surface area contributed by atoms with Crippen LogP contribution in [0.4, 0.5) is 10.2 Å². The molecule has 1 saturated carbocycles. The molecule has 0 atom stereocenters. The normalized spacial score (nSPS) is 13.5. The van der Waals surface area contributed by atoms with Gasteiger partial charge in [0.05, 0.1) is 23.3 Å². The number of carbonyl (C=O) groups is 1. The Morgan fingerprint density at radius 3 is 2.97 bits per heavy atom. The largest absolute Gasteiger partial charge is 0.306 e. The van der Waals surface area contributed by atoms with Crippen molar-refractivity contribution >= 4 is 17.5 Å². The number of hydrogen-bond acceptors (Lipinski definition) is 5. The maximum atomic E-state index is 14.8. The van der Waals surface area contributed by atoms with Crippen molar-refractivity contribution in [1.82, 2.24) is 34.1 Å². The van der Waals surface area contributed by atoms with Crippen LogP contribution in [0.3, 0.4) is 0 Å². The van der Waals surface area contributed by atoms with Crippen LogP contribution in [0, 0.1) is 12.7 Å². The molecule has 0 saturated heterocycles. The summed E-state index contributed by atoms with van der Waals surface area (Å²) in [6, 6.07) is 8.07. The molecule has 4 heterocycles. The first-order chi connectivity index (χ1) is 16.1. The standard InChI is InChI=1S/C23H19FN8O/c1-13-9-16(24)15(10-19(13)31-11-18(26-12-31)14-5-6-14)22(33)28-20-4-2-3-17(27-20)21-29-30-23-25-7-8-32(21)23/h2-4,7-12,14H,5-6H2,1H3,(H,25,30)(H,27,28,33). The third-order valence-electron chi connectivity index (χ3n) is 5.76. The molecular weight excluding hydrogens is 423 g/mol. The van der Waals surface area contributed by atoms with Gasteiger partial charge >= 0.3 is 0 Å². The van der Waals surface area contributed by atoms with Gasteiger partial charge in [-0.3, -0.25) is 9.20 Å². The molecule has 6 rings (SSSR count). The van der Waals surface area contributed by atoms with Gasteiger partial charge in [0, 0.05) is 24.5 Å². The van der Waals surface area contributed by atoms with Gasteiger partial charge < -0.3 is 9.88 Å². The van der Waals surface area contributed by atoms with Gasteiger partial charge in [0.1, 0.15) is 17.3 Å². The van der Waals surface area contributed by atoms with E-state index < -0.39 is 11.7 Å². The van der Waals surface area contributed by atoms with Crippen LogP contribution < -0.4 is 5.32 Å². The fraction of sp³-hybridized carbons (Fsp3) is 0.174. The second kappa shape index (κ2) is 7.37. The third kappa shape index (κ3) is 3.45. The summed E-state index contributed by atoms with van der Waals surface area (Å²) in [5.41, 5.74) is 2.92. The summed E-state index contributed by atoms with van der Waals surface area (Å²) in [6.07, 6.45) is 9.35. The van der Waals surface area contributed by atoms with E-state index in [-0.39, 0.29) is 11.4 Å². The van der Waals surface area contributed by atoms with Gasteiger partial charge in [-0.15, -0.1) is 0 Å². The Bertz CT molecular complexity index is 1510. The van der Waals surface area contributed by atoms with E-state index in [1.807, 2.05) is 17.7 Å². The lowest BCUT2D eigenvalue weighted by molar-refractivity contribution is 0.102. The molecule has 5 aromatic rings. The second-order valence-electron chi connectivity index (χ2n) is 8.13. The van der Waals surface area contributed by atoms with Gasteiger partial charge in [-0.1, -0.05) is 6.07 Å². The molecule has 0 unspecified atom stereocenters. The Balaban J connectivity index is 1.30. The zero-order valence-corrected chi connectivity index (χ0v) is 17.7.